The molecule has 3 aromatic heterocycles. The summed E-state index contributed by atoms with van der Waals surface area (Å²) in [6.07, 6.45) is 3.89. The van der Waals surface area contributed by atoms with E-state index in [9.17, 15) is 9.18 Å². The lowest BCUT2D eigenvalue weighted by molar-refractivity contribution is -0.118. The first kappa shape index (κ1) is 20.7. The highest BCUT2D eigenvalue weighted by Gasteiger charge is 2.24. The molecular weight excluding hydrogens is 411 g/mol. The van der Waals surface area contributed by atoms with E-state index in [0.717, 1.165) is 16.8 Å². The number of nitrogens with one attached hydrogen (secondary N) is 1. The molecule has 0 aliphatic heterocycles. The summed E-state index contributed by atoms with van der Waals surface area (Å²) in [6.45, 7) is 0.523. The first-order valence-electron chi connectivity index (χ1n) is 9.83. The second kappa shape index (κ2) is 9.49. The monoisotopic (exact) mass is 432 g/mol. The van der Waals surface area contributed by atoms with Crippen LogP contribution in [0.3, 0.4) is 0 Å². The van der Waals surface area contributed by atoms with E-state index in [1.807, 2.05) is 41.1 Å². The predicted octanol–water partition coefficient (Wildman–Crippen LogP) is 4.62. The van der Waals surface area contributed by atoms with Crippen LogP contribution in [0, 0.1) is 5.82 Å². The Morgan fingerprint density at radius 3 is 2.77 bits per heavy atom. The third kappa shape index (κ3) is 4.95. The summed E-state index contributed by atoms with van der Waals surface area (Å²) in [6, 6.07) is 15.9. The Kier molecular flexibility index (Phi) is 6.33. The summed E-state index contributed by atoms with van der Waals surface area (Å²) in [5.41, 5.74) is 9.83. The summed E-state index contributed by atoms with van der Waals surface area (Å²) in [5.74, 6) is -0.852. The van der Waals surface area contributed by atoms with Crippen molar-refractivity contribution >= 4 is 23.1 Å². The number of benzene rings is 1. The molecule has 5 nitrogen and oxygen atoms in total. The number of pyridine rings is 2. The van der Waals surface area contributed by atoms with E-state index < -0.39 is 11.8 Å². The lowest BCUT2D eigenvalue weighted by Gasteiger charge is -2.19. The zero-order valence-electron chi connectivity index (χ0n) is 16.7. The predicted molar refractivity (Wildman–Crippen MR) is 121 cm³/mol. The Bertz CT molecular complexity index is 1170. The number of halogens is 1. The minimum Gasteiger partial charge on any atom is -0.369 e. The van der Waals surface area contributed by atoms with Gasteiger partial charge in [0, 0.05) is 35.4 Å². The Morgan fingerprint density at radius 2 is 2.06 bits per heavy atom. The lowest BCUT2D eigenvalue weighted by Crippen LogP contribution is -2.24. The standard InChI is InChI=1S/C24H21FN4OS/c25-19-5-1-3-16(13-19)8-11-28-24-20(6-7-21(29-24)18-9-12-31-15-18)22(23(26)30)17-4-2-10-27-14-17/h1-7,9-10,12-15,22H,8,11H2,(H2,26,30)(H,28,29). The summed E-state index contributed by atoms with van der Waals surface area (Å²) in [7, 11) is 0. The molecule has 0 fully saturated rings. The van der Waals surface area contributed by atoms with Gasteiger partial charge in [-0.3, -0.25) is 9.78 Å². The zero-order valence-corrected chi connectivity index (χ0v) is 17.5. The maximum atomic E-state index is 13.5. The number of hydrogen-bond acceptors (Lipinski definition) is 5. The number of nitrogens with two attached hydrogens (primary N) is 1. The molecule has 1 amide bonds. The molecule has 0 radical (unpaired) electrons. The molecule has 0 aliphatic carbocycles. The molecule has 3 N–H and O–H groups in total. The van der Waals surface area contributed by atoms with Gasteiger partial charge in [0.15, 0.2) is 0 Å². The topological polar surface area (TPSA) is 80.9 Å². The lowest BCUT2D eigenvalue weighted by atomic mass is 9.91. The number of primary amides is 1. The maximum Gasteiger partial charge on any atom is 0.229 e. The summed E-state index contributed by atoms with van der Waals surface area (Å²) in [5, 5.41) is 7.34. The highest BCUT2D eigenvalue weighted by atomic mass is 32.1. The van der Waals surface area contributed by atoms with Gasteiger partial charge in [-0.2, -0.15) is 11.3 Å². The smallest absolute Gasteiger partial charge is 0.229 e. The van der Waals surface area contributed by atoms with Crippen LogP contribution in [-0.2, 0) is 11.2 Å². The van der Waals surface area contributed by atoms with Gasteiger partial charge in [-0.25, -0.2) is 9.37 Å². The SMILES string of the molecule is NC(=O)C(c1cccnc1)c1ccc(-c2ccsc2)nc1NCCc1cccc(F)c1. The van der Waals surface area contributed by atoms with E-state index in [-0.39, 0.29) is 5.82 Å². The van der Waals surface area contributed by atoms with Crippen LogP contribution in [0.5, 0.6) is 0 Å². The van der Waals surface area contributed by atoms with Crippen molar-refractivity contribution in [2.75, 3.05) is 11.9 Å². The number of nitrogens with zero attached hydrogens (tertiary/aromatic N) is 2. The molecular formula is C24H21FN4OS. The van der Waals surface area contributed by atoms with E-state index in [2.05, 4.69) is 10.3 Å². The highest BCUT2D eigenvalue weighted by molar-refractivity contribution is 7.08. The second-order valence-electron chi connectivity index (χ2n) is 7.07. The minimum atomic E-state index is -0.686. The van der Waals surface area contributed by atoms with Crippen LogP contribution in [0.15, 0.2) is 77.8 Å². The Labute approximate surface area is 183 Å². The van der Waals surface area contributed by atoms with Crippen molar-refractivity contribution in [3.8, 4) is 11.3 Å². The van der Waals surface area contributed by atoms with Crippen LogP contribution in [0.25, 0.3) is 11.3 Å². The van der Waals surface area contributed by atoms with Crippen LogP contribution in [0.1, 0.15) is 22.6 Å². The van der Waals surface area contributed by atoms with E-state index in [0.29, 0.717) is 29.9 Å². The van der Waals surface area contributed by atoms with Gasteiger partial charge in [0.05, 0.1) is 11.6 Å². The van der Waals surface area contributed by atoms with E-state index in [4.69, 9.17) is 10.7 Å². The van der Waals surface area contributed by atoms with Crippen molar-refractivity contribution in [1.82, 2.24) is 9.97 Å². The number of anilines is 1. The van der Waals surface area contributed by atoms with Crippen LogP contribution >= 0.6 is 11.3 Å². The minimum absolute atomic E-state index is 0.263. The molecule has 1 unspecified atom stereocenters. The Balaban J connectivity index is 1.67. The quantitative estimate of drug-likeness (QED) is 0.426. The Hall–Kier alpha value is -3.58. The first-order valence-corrected chi connectivity index (χ1v) is 10.8. The fourth-order valence-corrected chi connectivity index (χ4v) is 4.13. The van der Waals surface area contributed by atoms with Gasteiger partial charge in [0.1, 0.15) is 11.6 Å². The van der Waals surface area contributed by atoms with Gasteiger partial charge in [0.25, 0.3) is 0 Å². The van der Waals surface area contributed by atoms with Gasteiger partial charge >= 0.3 is 0 Å². The van der Waals surface area contributed by atoms with Crippen LogP contribution < -0.4 is 11.1 Å². The van der Waals surface area contributed by atoms with Crippen molar-refractivity contribution in [2.45, 2.75) is 12.3 Å². The molecule has 156 valence electrons. The third-order valence-corrected chi connectivity index (χ3v) is 5.64. The largest absolute Gasteiger partial charge is 0.369 e. The Morgan fingerprint density at radius 1 is 1.16 bits per heavy atom. The molecule has 1 aromatic carbocycles. The fraction of sp³-hybridized carbons (Fsp3) is 0.125. The molecule has 31 heavy (non-hydrogen) atoms. The molecule has 0 bridgehead atoms. The summed E-state index contributed by atoms with van der Waals surface area (Å²) in [4.78, 5) is 21.3. The van der Waals surface area contributed by atoms with Crippen molar-refractivity contribution in [3.05, 3.63) is 100 Å². The number of aromatic nitrogens is 2. The molecule has 0 saturated carbocycles. The number of hydrogen-bond donors (Lipinski definition) is 2. The zero-order chi connectivity index (χ0) is 21.6. The number of carbonyl (C=O) groups excluding carboxylic acids is 1. The van der Waals surface area contributed by atoms with Gasteiger partial charge in [-0.15, -0.1) is 0 Å². The number of thiophene rings is 1. The molecule has 1 atom stereocenters. The van der Waals surface area contributed by atoms with E-state index in [1.54, 1.807) is 35.9 Å². The molecule has 0 aliphatic rings. The van der Waals surface area contributed by atoms with Crippen molar-refractivity contribution in [3.63, 3.8) is 0 Å². The molecule has 0 spiro atoms. The molecule has 3 heterocycles. The average Bonchev–Trinajstić information content (AvgIpc) is 3.30. The number of rotatable bonds is 8. The van der Waals surface area contributed by atoms with Gasteiger partial charge in [-0.1, -0.05) is 24.3 Å². The second-order valence-corrected chi connectivity index (χ2v) is 7.85. The van der Waals surface area contributed by atoms with Crippen molar-refractivity contribution in [2.24, 2.45) is 5.73 Å². The molecule has 7 heteroatoms. The number of carbonyl (C=O) groups is 1. The number of amides is 1. The highest BCUT2D eigenvalue weighted by Crippen LogP contribution is 2.32. The van der Waals surface area contributed by atoms with E-state index >= 15 is 0 Å². The summed E-state index contributed by atoms with van der Waals surface area (Å²) >= 11 is 1.59. The van der Waals surface area contributed by atoms with Gasteiger partial charge in [0.2, 0.25) is 5.91 Å². The third-order valence-electron chi connectivity index (χ3n) is 4.95. The van der Waals surface area contributed by atoms with Gasteiger partial charge < -0.3 is 11.1 Å². The summed E-state index contributed by atoms with van der Waals surface area (Å²) < 4.78 is 13.5. The normalized spacial score (nSPS) is 11.8. The van der Waals surface area contributed by atoms with Crippen LogP contribution in [-0.4, -0.2) is 22.4 Å². The molecule has 4 rings (SSSR count). The van der Waals surface area contributed by atoms with Crippen LogP contribution in [0.2, 0.25) is 0 Å². The van der Waals surface area contributed by atoms with Crippen LogP contribution in [0.4, 0.5) is 10.2 Å². The molecule has 4 aromatic rings. The fourth-order valence-electron chi connectivity index (χ4n) is 3.48. The van der Waals surface area contributed by atoms with Crippen molar-refractivity contribution in [1.29, 1.82) is 0 Å². The van der Waals surface area contributed by atoms with E-state index in [1.165, 1.54) is 12.1 Å². The van der Waals surface area contributed by atoms with Crippen molar-refractivity contribution < 1.29 is 9.18 Å². The first-order chi connectivity index (χ1) is 15.1. The molecule has 0 saturated heterocycles. The maximum absolute atomic E-state index is 13.5. The average molecular weight is 433 g/mol. The van der Waals surface area contributed by atoms with Gasteiger partial charge in [-0.05, 0) is 53.3 Å².